The summed E-state index contributed by atoms with van der Waals surface area (Å²) >= 11 is 11.9. The molecule has 1 saturated heterocycles. The molecule has 1 aromatic carbocycles. The van der Waals surface area contributed by atoms with Crippen LogP contribution in [0.25, 0.3) is 0 Å². The number of hydrogen-bond acceptors (Lipinski definition) is 6. The van der Waals surface area contributed by atoms with Gasteiger partial charge >= 0.3 is 7.12 Å². The molecule has 1 atom stereocenters. The van der Waals surface area contributed by atoms with E-state index in [1.54, 1.807) is 6.07 Å². The first-order valence-electron chi connectivity index (χ1n) is 9.46. The molecule has 3 N–H and O–H groups in total. The Labute approximate surface area is 180 Å². The molecule has 0 saturated carbocycles. The fraction of sp³-hybridized carbons (Fsp3) is 0.579. The van der Waals surface area contributed by atoms with Gasteiger partial charge in [0.2, 0.25) is 0 Å². The van der Waals surface area contributed by atoms with Crippen LogP contribution in [-0.2, 0) is 14.1 Å². The molecule has 10 heteroatoms. The standard InChI is InChI=1S/C19H26BCl2NO6/c1-12(2)5-13(20-28-11-19(9-24,10-25)29-20)6-15(26)8-23-18(27)16-7-14(21)3-4-17(16)22/h3-4,7,12-13,24-25H,5-6,8-11H2,1-2H3,(H,23,27)/t13-/m1/s1. The molecule has 29 heavy (non-hydrogen) atoms. The van der Waals surface area contributed by atoms with Crippen LogP contribution in [0.1, 0.15) is 37.0 Å². The first kappa shape index (κ1) is 24.1. The molecule has 1 aliphatic heterocycles. The van der Waals surface area contributed by atoms with Crippen molar-refractivity contribution in [3.8, 4) is 0 Å². The number of amides is 1. The predicted octanol–water partition coefficient (Wildman–Crippen LogP) is 2.36. The van der Waals surface area contributed by atoms with Crippen molar-refractivity contribution in [1.82, 2.24) is 5.32 Å². The lowest BCUT2D eigenvalue weighted by molar-refractivity contribution is -0.118. The van der Waals surface area contributed by atoms with Crippen LogP contribution < -0.4 is 5.32 Å². The largest absolute Gasteiger partial charge is 0.461 e. The highest BCUT2D eigenvalue weighted by molar-refractivity contribution is 6.47. The van der Waals surface area contributed by atoms with E-state index in [9.17, 15) is 19.8 Å². The van der Waals surface area contributed by atoms with E-state index in [1.165, 1.54) is 12.1 Å². The van der Waals surface area contributed by atoms with Gasteiger partial charge < -0.3 is 24.8 Å². The topological polar surface area (TPSA) is 105 Å². The van der Waals surface area contributed by atoms with Crippen molar-refractivity contribution in [1.29, 1.82) is 0 Å². The van der Waals surface area contributed by atoms with Gasteiger partial charge in [0.15, 0.2) is 5.78 Å². The fourth-order valence-corrected chi connectivity index (χ4v) is 3.58. The number of hydrogen-bond donors (Lipinski definition) is 3. The number of ketones is 1. The molecule has 0 aromatic heterocycles. The number of Topliss-reactive ketones (excluding diaryl/α,β-unsaturated/α-hetero) is 1. The lowest BCUT2D eigenvalue weighted by Gasteiger charge is -2.25. The van der Waals surface area contributed by atoms with Crippen molar-refractivity contribution in [3.05, 3.63) is 33.8 Å². The molecule has 1 amide bonds. The number of aliphatic hydroxyl groups is 2. The molecule has 160 valence electrons. The van der Waals surface area contributed by atoms with E-state index in [0.29, 0.717) is 11.4 Å². The Morgan fingerprint density at radius 3 is 2.55 bits per heavy atom. The van der Waals surface area contributed by atoms with Gasteiger partial charge in [0.1, 0.15) is 5.60 Å². The highest BCUT2D eigenvalue weighted by Crippen LogP contribution is 2.33. The van der Waals surface area contributed by atoms with Gasteiger partial charge in [0.05, 0.1) is 37.0 Å². The minimum Gasteiger partial charge on any atom is -0.408 e. The van der Waals surface area contributed by atoms with Gasteiger partial charge in [-0.25, -0.2) is 0 Å². The molecule has 0 bridgehead atoms. The van der Waals surface area contributed by atoms with Crippen molar-refractivity contribution < 1.29 is 29.1 Å². The van der Waals surface area contributed by atoms with Gasteiger partial charge in [-0.3, -0.25) is 9.59 Å². The third-order valence-corrected chi connectivity index (χ3v) is 5.29. The second-order valence-electron chi connectivity index (χ2n) is 7.74. The average molecular weight is 446 g/mol. The summed E-state index contributed by atoms with van der Waals surface area (Å²) in [5.41, 5.74) is -0.954. The molecule has 1 heterocycles. The summed E-state index contributed by atoms with van der Waals surface area (Å²) in [6.45, 7) is 3.16. The zero-order valence-corrected chi connectivity index (χ0v) is 18.0. The molecule has 0 spiro atoms. The van der Waals surface area contributed by atoms with Crippen LogP contribution in [0.2, 0.25) is 15.9 Å². The van der Waals surface area contributed by atoms with Crippen LogP contribution in [0.15, 0.2) is 18.2 Å². The first-order chi connectivity index (χ1) is 13.7. The summed E-state index contributed by atoms with van der Waals surface area (Å²) in [5, 5.41) is 22.1. The number of aliphatic hydroxyl groups excluding tert-OH is 2. The maximum atomic E-state index is 12.5. The van der Waals surface area contributed by atoms with Crippen LogP contribution in [0, 0.1) is 5.92 Å². The Hall–Kier alpha value is -1.16. The van der Waals surface area contributed by atoms with Gasteiger partial charge in [-0.1, -0.05) is 37.0 Å². The van der Waals surface area contributed by atoms with Crippen molar-refractivity contribution in [3.63, 3.8) is 0 Å². The van der Waals surface area contributed by atoms with Gasteiger partial charge in [-0.2, -0.15) is 0 Å². The highest BCUT2D eigenvalue weighted by atomic mass is 35.5. The summed E-state index contributed by atoms with van der Waals surface area (Å²) in [7, 11) is -0.710. The molecular weight excluding hydrogens is 420 g/mol. The zero-order valence-electron chi connectivity index (χ0n) is 16.5. The molecule has 7 nitrogen and oxygen atoms in total. The maximum absolute atomic E-state index is 12.5. The number of carbonyl (C=O) groups excluding carboxylic acids is 2. The third kappa shape index (κ3) is 6.67. The predicted molar refractivity (Wildman–Crippen MR) is 111 cm³/mol. The molecule has 0 aliphatic carbocycles. The molecule has 2 rings (SSSR count). The van der Waals surface area contributed by atoms with Crippen LogP contribution >= 0.6 is 23.2 Å². The molecule has 1 aliphatic rings. The van der Waals surface area contributed by atoms with Crippen molar-refractivity contribution in [2.45, 2.75) is 38.1 Å². The second-order valence-corrected chi connectivity index (χ2v) is 8.58. The van der Waals surface area contributed by atoms with E-state index in [1.807, 2.05) is 13.8 Å². The van der Waals surface area contributed by atoms with Gasteiger partial charge in [-0.05, 0) is 30.5 Å². The molecule has 0 radical (unpaired) electrons. The van der Waals surface area contributed by atoms with E-state index in [0.717, 1.165) is 0 Å². The van der Waals surface area contributed by atoms with E-state index in [-0.39, 0.29) is 60.9 Å². The normalized spacial score (nSPS) is 16.9. The Bertz CT molecular complexity index is 729. The lowest BCUT2D eigenvalue weighted by atomic mass is 9.65. The van der Waals surface area contributed by atoms with Crippen molar-refractivity contribution >= 4 is 42.0 Å². The first-order valence-corrected chi connectivity index (χ1v) is 10.2. The number of benzene rings is 1. The number of rotatable bonds is 10. The van der Waals surface area contributed by atoms with Crippen molar-refractivity contribution in [2.24, 2.45) is 5.92 Å². The minimum absolute atomic E-state index is 0.0530. The summed E-state index contributed by atoms with van der Waals surface area (Å²) < 4.78 is 11.4. The molecule has 1 aromatic rings. The highest BCUT2D eigenvalue weighted by Gasteiger charge is 2.47. The van der Waals surface area contributed by atoms with Crippen LogP contribution in [0.3, 0.4) is 0 Å². The van der Waals surface area contributed by atoms with Gasteiger partial charge in [0, 0.05) is 17.3 Å². The van der Waals surface area contributed by atoms with E-state index < -0.39 is 18.6 Å². The quantitative estimate of drug-likeness (QED) is 0.477. The van der Waals surface area contributed by atoms with E-state index in [2.05, 4.69) is 5.32 Å². The third-order valence-electron chi connectivity index (χ3n) is 4.72. The lowest BCUT2D eigenvalue weighted by Crippen LogP contribution is -2.42. The fourth-order valence-electron chi connectivity index (χ4n) is 3.20. The van der Waals surface area contributed by atoms with Gasteiger partial charge in [-0.15, -0.1) is 0 Å². The Kier molecular flexibility index (Phi) is 8.94. The Morgan fingerprint density at radius 2 is 1.97 bits per heavy atom. The summed E-state index contributed by atoms with van der Waals surface area (Å²) in [6, 6.07) is 4.53. The smallest absolute Gasteiger partial charge is 0.408 e. The van der Waals surface area contributed by atoms with Crippen LogP contribution in [-0.4, -0.2) is 61.0 Å². The summed E-state index contributed by atoms with van der Waals surface area (Å²) in [4.78, 5) is 24.8. The summed E-state index contributed by atoms with van der Waals surface area (Å²) in [5.74, 6) is -0.675. The van der Waals surface area contributed by atoms with E-state index in [4.69, 9.17) is 32.5 Å². The minimum atomic E-state index is -1.15. The second kappa shape index (κ2) is 10.7. The number of carbonyl (C=O) groups is 2. The average Bonchev–Trinajstić information content (AvgIpc) is 3.12. The van der Waals surface area contributed by atoms with E-state index >= 15 is 0 Å². The molecule has 0 unspecified atom stereocenters. The van der Waals surface area contributed by atoms with Gasteiger partial charge in [0.25, 0.3) is 5.91 Å². The van der Waals surface area contributed by atoms with Crippen molar-refractivity contribution in [2.75, 3.05) is 26.4 Å². The van der Waals surface area contributed by atoms with Crippen LogP contribution in [0.5, 0.6) is 0 Å². The maximum Gasteiger partial charge on any atom is 0.461 e. The molecule has 1 fully saturated rings. The Balaban J connectivity index is 1.96. The summed E-state index contributed by atoms with van der Waals surface area (Å²) in [6.07, 6.45) is 0.775. The Morgan fingerprint density at radius 1 is 1.28 bits per heavy atom. The molecular formula is C19H26BCl2NO6. The number of nitrogens with one attached hydrogen (secondary N) is 1. The zero-order chi connectivity index (χ0) is 21.6. The van der Waals surface area contributed by atoms with Crippen LogP contribution in [0.4, 0.5) is 0 Å². The monoisotopic (exact) mass is 445 g/mol. The number of halogens is 2. The SMILES string of the molecule is CC(C)C[C@H](CC(=O)CNC(=O)c1cc(Cl)ccc1Cl)B1OCC(CO)(CO)O1.